The average molecular weight is 416 g/mol. The molecule has 6 rings (SSSR count). The summed E-state index contributed by atoms with van der Waals surface area (Å²) in [6.45, 7) is 0.0328. The van der Waals surface area contributed by atoms with Crippen LogP contribution in [-0.2, 0) is 6.61 Å². The first-order valence-corrected chi connectivity index (χ1v) is 10.5. The second-order valence-corrected chi connectivity index (χ2v) is 7.95. The van der Waals surface area contributed by atoms with E-state index in [1.54, 1.807) is 0 Å². The van der Waals surface area contributed by atoms with Crippen LogP contribution < -0.4 is 0 Å². The summed E-state index contributed by atoms with van der Waals surface area (Å²) in [6.07, 6.45) is 6.13. The third-order valence-electron chi connectivity index (χ3n) is 5.61. The monoisotopic (exact) mass is 416 g/mol. The van der Waals surface area contributed by atoms with Gasteiger partial charge in [0.2, 0.25) is 0 Å². The predicted octanol–water partition coefficient (Wildman–Crippen LogP) is 5.57. The second kappa shape index (κ2) is 7.48. The van der Waals surface area contributed by atoms with Gasteiger partial charge in [0.25, 0.3) is 0 Å². The molecule has 0 amide bonds. The normalized spacial score (nSPS) is 12.7. The van der Waals surface area contributed by atoms with Gasteiger partial charge in [-0.3, -0.25) is 0 Å². The van der Waals surface area contributed by atoms with Gasteiger partial charge in [0.1, 0.15) is 0 Å². The molecule has 32 heavy (non-hydrogen) atoms. The Labute approximate surface area is 184 Å². The summed E-state index contributed by atoms with van der Waals surface area (Å²) >= 11 is 0. The van der Waals surface area contributed by atoms with Gasteiger partial charge in [-0.05, 0) is 77.9 Å². The van der Waals surface area contributed by atoms with Crippen molar-refractivity contribution in [3.05, 3.63) is 107 Å². The number of aliphatic hydroxyl groups excluding tert-OH is 1. The van der Waals surface area contributed by atoms with Crippen LogP contribution in [0, 0.1) is 0 Å². The maximum atomic E-state index is 9.38. The number of aromatic amines is 2. The molecule has 2 aliphatic rings. The molecule has 0 fully saturated rings. The van der Waals surface area contributed by atoms with Crippen LogP contribution >= 0.6 is 0 Å². The lowest BCUT2D eigenvalue weighted by molar-refractivity contribution is 0.282. The molecule has 5 heterocycles. The van der Waals surface area contributed by atoms with Crippen LogP contribution in [0.4, 0.5) is 0 Å². The molecule has 0 spiro atoms. The number of benzene rings is 1. The van der Waals surface area contributed by atoms with Crippen LogP contribution in [0.15, 0.2) is 72.8 Å². The lowest BCUT2D eigenvalue weighted by atomic mass is 10.0. The molecule has 1 aromatic carbocycles. The smallest absolute Gasteiger partial charge is 0.0736 e. The van der Waals surface area contributed by atoms with Gasteiger partial charge in [-0.2, -0.15) is 0 Å². The van der Waals surface area contributed by atoms with Crippen molar-refractivity contribution in [3.63, 3.8) is 0 Å². The summed E-state index contributed by atoms with van der Waals surface area (Å²) in [6, 6.07) is 24.3. The topological polar surface area (TPSA) is 77.6 Å². The number of aromatic nitrogens is 4. The van der Waals surface area contributed by atoms with Crippen molar-refractivity contribution in [3.8, 4) is 0 Å². The number of rotatable bonds is 2. The van der Waals surface area contributed by atoms with E-state index in [9.17, 15) is 5.11 Å². The quantitative estimate of drug-likeness (QED) is 0.345. The van der Waals surface area contributed by atoms with E-state index in [0.717, 1.165) is 61.5 Å². The van der Waals surface area contributed by atoms with Crippen LogP contribution in [0.3, 0.4) is 0 Å². The fourth-order valence-corrected chi connectivity index (χ4v) is 4.03. The number of hydrogen-bond donors (Lipinski definition) is 3. The Morgan fingerprint density at radius 1 is 0.625 bits per heavy atom. The molecule has 3 aromatic heterocycles. The van der Waals surface area contributed by atoms with Crippen LogP contribution in [0.5, 0.6) is 0 Å². The second-order valence-electron chi connectivity index (χ2n) is 7.95. The van der Waals surface area contributed by atoms with Crippen molar-refractivity contribution in [2.75, 3.05) is 0 Å². The molecule has 5 nitrogen and oxygen atoms in total. The van der Waals surface area contributed by atoms with E-state index in [-0.39, 0.29) is 6.61 Å². The Morgan fingerprint density at radius 2 is 1.19 bits per heavy atom. The number of hydrogen-bond acceptors (Lipinski definition) is 3. The van der Waals surface area contributed by atoms with Crippen LogP contribution in [0.2, 0.25) is 0 Å². The highest BCUT2D eigenvalue weighted by atomic mass is 16.3. The van der Waals surface area contributed by atoms with Crippen LogP contribution in [0.25, 0.3) is 45.9 Å². The molecule has 4 aromatic rings. The Hall–Kier alpha value is -4.22. The van der Waals surface area contributed by atoms with Crippen LogP contribution in [-0.4, -0.2) is 25.0 Å². The van der Waals surface area contributed by atoms with Crippen molar-refractivity contribution < 1.29 is 5.11 Å². The van der Waals surface area contributed by atoms with Gasteiger partial charge in [-0.25, -0.2) is 9.97 Å². The standard InChI is InChI=1S/C27H20N4O/c32-16-17-1-3-18(4-2-17)26-14-25-13-23-8-7-21(29-23)11-19-5-6-20(28-19)12-22-9-10-24(30-22)15-27(26)31-25/h1-15,29-30,32H,16H2. The number of aliphatic hydroxyl groups is 1. The zero-order valence-electron chi connectivity index (χ0n) is 17.2. The highest BCUT2D eigenvalue weighted by Crippen LogP contribution is 2.29. The largest absolute Gasteiger partial charge is 0.392 e. The minimum atomic E-state index is 0.0328. The van der Waals surface area contributed by atoms with Gasteiger partial charge in [0.05, 0.1) is 29.4 Å². The summed E-state index contributed by atoms with van der Waals surface area (Å²) in [4.78, 5) is 16.5. The van der Waals surface area contributed by atoms with E-state index in [1.807, 2.05) is 78.9 Å². The van der Waals surface area contributed by atoms with Crippen molar-refractivity contribution >= 4 is 45.9 Å². The minimum Gasteiger partial charge on any atom is -0.392 e. The number of fused-ring (bicyclic) bond motifs is 8. The lowest BCUT2D eigenvalue weighted by Crippen LogP contribution is -1.87. The van der Waals surface area contributed by atoms with Crippen LogP contribution in [0.1, 0.15) is 33.9 Å². The molecular formula is C27H20N4O. The average Bonchev–Trinajstić information content (AvgIpc) is 3.59. The molecule has 0 saturated carbocycles. The molecule has 3 N–H and O–H groups in total. The van der Waals surface area contributed by atoms with Gasteiger partial charge >= 0.3 is 0 Å². The van der Waals surface area contributed by atoms with Gasteiger partial charge in [-0.1, -0.05) is 24.3 Å². The maximum absolute atomic E-state index is 9.38. The van der Waals surface area contributed by atoms with Crippen molar-refractivity contribution in [1.29, 1.82) is 0 Å². The maximum Gasteiger partial charge on any atom is 0.0736 e. The molecule has 0 atom stereocenters. The summed E-state index contributed by atoms with van der Waals surface area (Å²) in [5.41, 5.74) is 10.5. The first-order chi connectivity index (χ1) is 15.7. The number of nitrogens with zero attached hydrogens (tertiary/aromatic N) is 2. The molecule has 0 saturated heterocycles. The van der Waals surface area contributed by atoms with Crippen molar-refractivity contribution in [1.82, 2.24) is 19.9 Å². The van der Waals surface area contributed by atoms with Gasteiger partial charge < -0.3 is 15.1 Å². The minimum absolute atomic E-state index is 0.0328. The SMILES string of the molecule is OCc1ccc(C2=Cc3cc4ccc(cc5nc(cc6ccc(cc2n3)[nH]6)C=C5)[nH]4)cc1. The van der Waals surface area contributed by atoms with Crippen molar-refractivity contribution in [2.24, 2.45) is 0 Å². The van der Waals surface area contributed by atoms with E-state index >= 15 is 0 Å². The zero-order chi connectivity index (χ0) is 21.5. The van der Waals surface area contributed by atoms with E-state index in [2.05, 4.69) is 27.1 Å². The third kappa shape index (κ3) is 3.55. The molecule has 2 aliphatic heterocycles. The van der Waals surface area contributed by atoms with E-state index in [4.69, 9.17) is 4.98 Å². The predicted molar refractivity (Wildman–Crippen MR) is 129 cm³/mol. The van der Waals surface area contributed by atoms with Gasteiger partial charge in [0.15, 0.2) is 0 Å². The molecule has 0 aliphatic carbocycles. The fourth-order valence-electron chi connectivity index (χ4n) is 4.03. The van der Waals surface area contributed by atoms with Gasteiger partial charge in [-0.15, -0.1) is 0 Å². The summed E-state index contributed by atoms with van der Waals surface area (Å²) in [5.74, 6) is 0. The first-order valence-electron chi connectivity index (χ1n) is 10.5. The zero-order valence-corrected chi connectivity index (χ0v) is 17.2. The Bertz CT molecular complexity index is 1550. The third-order valence-corrected chi connectivity index (χ3v) is 5.61. The molecule has 154 valence electrons. The fraction of sp³-hybridized carbons (Fsp3) is 0.0370. The summed E-state index contributed by atoms with van der Waals surface area (Å²) < 4.78 is 0. The molecule has 8 bridgehead atoms. The first kappa shape index (κ1) is 18.5. The number of nitrogens with one attached hydrogen (secondary N) is 2. The highest BCUT2D eigenvalue weighted by Gasteiger charge is 2.13. The molecular weight excluding hydrogens is 396 g/mol. The number of H-pyrrole nitrogens is 2. The van der Waals surface area contributed by atoms with Crippen molar-refractivity contribution in [2.45, 2.75) is 6.61 Å². The molecule has 0 unspecified atom stereocenters. The van der Waals surface area contributed by atoms with E-state index in [0.29, 0.717) is 0 Å². The summed E-state index contributed by atoms with van der Waals surface area (Å²) in [5, 5.41) is 9.38. The Balaban J connectivity index is 1.60. The molecule has 5 heteroatoms. The summed E-state index contributed by atoms with van der Waals surface area (Å²) in [7, 11) is 0. The van der Waals surface area contributed by atoms with E-state index < -0.39 is 0 Å². The molecule has 0 radical (unpaired) electrons. The lowest BCUT2D eigenvalue weighted by Gasteiger charge is -2.03. The highest BCUT2D eigenvalue weighted by molar-refractivity contribution is 5.93. The van der Waals surface area contributed by atoms with E-state index in [1.165, 1.54) is 0 Å². The van der Waals surface area contributed by atoms with Gasteiger partial charge in [0, 0.05) is 27.6 Å². The Kier molecular flexibility index (Phi) is 4.33. The Morgan fingerprint density at radius 3 is 1.78 bits per heavy atom.